The van der Waals surface area contributed by atoms with Crippen molar-refractivity contribution >= 4 is 17.5 Å². The van der Waals surface area contributed by atoms with E-state index in [1.165, 1.54) is 4.90 Å². The van der Waals surface area contributed by atoms with Gasteiger partial charge in [-0.15, -0.1) is 0 Å². The Balaban J connectivity index is 1.60. The summed E-state index contributed by atoms with van der Waals surface area (Å²) in [7, 11) is 0. The molecular weight excluding hydrogens is 354 g/mol. The van der Waals surface area contributed by atoms with E-state index >= 15 is 0 Å². The summed E-state index contributed by atoms with van der Waals surface area (Å²) in [5, 5.41) is 9.76. The standard InChI is InChI=1S/C23H23NO4/c1-15-4-2-3-5-19(15)16-6-8-17(9-7-16)22(28)24-14-23(12-18(24)13-25)20(26)10-11-21(23)27/h2-9,18,25H,10-14H2,1H3/t18-/m0/s1. The largest absolute Gasteiger partial charge is 0.394 e. The fraction of sp³-hybridized carbons (Fsp3) is 0.348. The number of likely N-dealkylation sites (tertiary alicyclic amines) is 1. The lowest BCUT2D eigenvalue weighted by Gasteiger charge is -2.23. The number of rotatable bonds is 3. The van der Waals surface area contributed by atoms with Crippen LogP contribution in [-0.4, -0.2) is 46.7 Å². The number of hydrogen-bond acceptors (Lipinski definition) is 4. The Morgan fingerprint density at radius 2 is 1.71 bits per heavy atom. The minimum atomic E-state index is -1.11. The number of Topliss-reactive ketones (excluding diaryl/α,β-unsaturated/α-hetero) is 2. The van der Waals surface area contributed by atoms with Gasteiger partial charge in [-0.1, -0.05) is 36.4 Å². The normalized spacial score (nSPS) is 20.9. The Morgan fingerprint density at radius 1 is 1.07 bits per heavy atom. The van der Waals surface area contributed by atoms with Crippen molar-refractivity contribution < 1.29 is 19.5 Å². The fourth-order valence-corrected chi connectivity index (χ4v) is 4.52. The summed E-state index contributed by atoms with van der Waals surface area (Å²) in [6.07, 6.45) is 0.711. The Kier molecular flexibility index (Phi) is 4.63. The number of carbonyl (C=O) groups is 3. The maximum atomic E-state index is 13.1. The summed E-state index contributed by atoms with van der Waals surface area (Å²) in [4.78, 5) is 39.3. The molecule has 5 nitrogen and oxygen atoms in total. The molecule has 2 aliphatic rings. The maximum absolute atomic E-state index is 13.1. The van der Waals surface area contributed by atoms with E-state index in [4.69, 9.17) is 0 Å². The van der Waals surface area contributed by atoms with Crippen LogP contribution in [0.4, 0.5) is 0 Å². The minimum absolute atomic E-state index is 0.0777. The second-order valence-corrected chi connectivity index (χ2v) is 7.79. The van der Waals surface area contributed by atoms with Gasteiger partial charge in [0.1, 0.15) is 17.0 Å². The van der Waals surface area contributed by atoms with Crippen molar-refractivity contribution in [2.45, 2.75) is 32.2 Å². The molecule has 4 rings (SSSR count). The van der Waals surface area contributed by atoms with Gasteiger partial charge in [0.25, 0.3) is 5.91 Å². The molecule has 0 radical (unpaired) electrons. The van der Waals surface area contributed by atoms with Gasteiger partial charge in [-0.2, -0.15) is 0 Å². The van der Waals surface area contributed by atoms with E-state index in [2.05, 4.69) is 0 Å². The molecule has 0 bridgehead atoms. The van der Waals surface area contributed by atoms with Crippen LogP contribution in [0.3, 0.4) is 0 Å². The van der Waals surface area contributed by atoms with Crippen LogP contribution in [-0.2, 0) is 9.59 Å². The highest BCUT2D eigenvalue weighted by molar-refractivity contribution is 6.14. The van der Waals surface area contributed by atoms with E-state index < -0.39 is 11.5 Å². The molecule has 5 heteroatoms. The number of ketones is 2. The van der Waals surface area contributed by atoms with Gasteiger partial charge in [0.15, 0.2) is 0 Å². The summed E-state index contributed by atoms with van der Waals surface area (Å²) in [6, 6.07) is 14.9. The zero-order chi connectivity index (χ0) is 19.9. The first-order valence-electron chi connectivity index (χ1n) is 9.61. The molecule has 144 valence electrons. The molecule has 1 heterocycles. The van der Waals surface area contributed by atoms with Crippen molar-refractivity contribution in [3.8, 4) is 11.1 Å². The average molecular weight is 377 g/mol. The van der Waals surface area contributed by atoms with Crippen molar-refractivity contribution in [1.82, 2.24) is 4.90 Å². The van der Waals surface area contributed by atoms with Crippen LogP contribution in [0.25, 0.3) is 11.1 Å². The van der Waals surface area contributed by atoms with Crippen molar-refractivity contribution in [2.24, 2.45) is 5.41 Å². The quantitative estimate of drug-likeness (QED) is 0.835. The highest BCUT2D eigenvalue weighted by Gasteiger charge is 2.57. The van der Waals surface area contributed by atoms with Crippen LogP contribution < -0.4 is 0 Å². The van der Waals surface area contributed by atoms with Crippen LogP contribution in [0, 0.1) is 12.3 Å². The summed E-state index contributed by atoms with van der Waals surface area (Å²) >= 11 is 0. The first-order chi connectivity index (χ1) is 13.5. The maximum Gasteiger partial charge on any atom is 0.254 e. The van der Waals surface area contributed by atoms with Gasteiger partial charge in [-0.05, 0) is 42.2 Å². The van der Waals surface area contributed by atoms with E-state index in [9.17, 15) is 19.5 Å². The van der Waals surface area contributed by atoms with Crippen molar-refractivity contribution in [3.63, 3.8) is 0 Å². The van der Waals surface area contributed by atoms with Crippen LogP contribution in [0.2, 0.25) is 0 Å². The Morgan fingerprint density at radius 3 is 2.32 bits per heavy atom. The van der Waals surface area contributed by atoms with Crippen molar-refractivity contribution in [2.75, 3.05) is 13.2 Å². The van der Waals surface area contributed by atoms with Gasteiger partial charge in [0, 0.05) is 24.9 Å². The van der Waals surface area contributed by atoms with Crippen LogP contribution >= 0.6 is 0 Å². The predicted molar refractivity (Wildman–Crippen MR) is 105 cm³/mol. The highest BCUT2D eigenvalue weighted by Crippen LogP contribution is 2.43. The summed E-state index contributed by atoms with van der Waals surface area (Å²) in [6.45, 7) is 1.86. The molecule has 2 aromatic carbocycles. The number of benzene rings is 2. The molecule has 0 unspecified atom stereocenters. The molecule has 1 saturated heterocycles. The lowest BCUT2D eigenvalue weighted by molar-refractivity contribution is -0.133. The predicted octanol–water partition coefficient (Wildman–Crippen LogP) is 2.79. The molecule has 1 saturated carbocycles. The Bertz CT molecular complexity index is 931. The number of aliphatic hydroxyl groups is 1. The molecule has 2 aromatic rings. The lowest BCUT2D eigenvalue weighted by Crippen LogP contribution is -2.40. The van der Waals surface area contributed by atoms with E-state index in [1.807, 2.05) is 43.3 Å². The van der Waals surface area contributed by atoms with Gasteiger partial charge in [0.2, 0.25) is 0 Å². The molecule has 1 amide bonds. The fourth-order valence-electron chi connectivity index (χ4n) is 4.52. The molecule has 0 aromatic heterocycles. The summed E-state index contributed by atoms with van der Waals surface area (Å²) < 4.78 is 0. The SMILES string of the molecule is Cc1ccccc1-c1ccc(C(=O)N2CC3(C[C@H]2CO)C(=O)CCC3=O)cc1. The molecule has 2 fully saturated rings. The molecule has 1 spiro atoms. The van der Waals surface area contributed by atoms with Crippen LogP contribution in [0.5, 0.6) is 0 Å². The molecule has 28 heavy (non-hydrogen) atoms. The van der Waals surface area contributed by atoms with Gasteiger partial charge in [-0.3, -0.25) is 14.4 Å². The number of nitrogens with zero attached hydrogens (tertiary/aromatic N) is 1. The number of hydrogen-bond donors (Lipinski definition) is 1. The summed E-state index contributed by atoms with van der Waals surface area (Å²) in [5.41, 5.74) is 2.67. The smallest absolute Gasteiger partial charge is 0.254 e. The summed E-state index contributed by atoms with van der Waals surface area (Å²) in [5.74, 6) is -0.443. The van der Waals surface area contributed by atoms with Gasteiger partial charge in [-0.25, -0.2) is 0 Å². The first-order valence-corrected chi connectivity index (χ1v) is 9.61. The molecule has 1 aliphatic carbocycles. The highest BCUT2D eigenvalue weighted by atomic mass is 16.3. The Hall–Kier alpha value is -2.79. The zero-order valence-electron chi connectivity index (χ0n) is 15.9. The second kappa shape index (κ2) is 6.99. The first kappa shape index (κ1) is 18.6. The molecular formula is C23H23NO4. The Labute approximate surface area is 164 Å². The van der Waals surface area contributed by atoms with Gasteiger partial charge < -0.3 is 10.0 Å². The second-order valence-electron chi connectivity index (χ2n) is 7.79. The average Bonchev–Trinajstić information content (AvgIpc) is 3.24. The number of aliphatic hydroxyl groups excluding tert-OH is 1. The zero-order valence-corrected chi connectivity index (χ0v) is 15.9. The van der Waals surface area contributed by atoms with Crippen molar-refractivity contribution in [1.29, 1.82) is 0 Å². The lowest BCUT2D eigenvalue weighted by atomic mass is 9.82. The van der Waals surface area contributed by atoms with Crippen molar-refractivity contribution in [3.05, 3.63) is 59.7 Å². The van der Waals surface area contributed by atoms with Crippen LogP contribution in [0.1, 0.15) is 35.2 Å². The third-order valence-corrected chi connectivity index (χ3v) is 6.17. The van der Waals surface area contributed by atoms with Crippen LogP contribution in [0.15, 0.2) is 48.5 Å². The third kappa shape index (κ3) is 2.87. The molecule has 1 atom stereocenters. The van der Waals surface area contributed by atoms with Gasteiger partial charge >= 0.3 is 0 Å². The van der Waals surface area contributed by atoms with E-state index in [0.29, 0.717) is 5.56 Å². The number of amides is 1. The number of aryl methyl sites for hydroxylation is 1. The third-order valence-electron chi connectivity index (χ3n) is 6.17. The number of carbonyl (C=O) groups excluding carboxylic acids is 3. The minimum Gasteiger partial charge on any atom is -0.394 e. The topological polar surface area (TPSA) is 74.7 Å². The van der Waals surface area contributed by atoms with E-state index in [-0.39, 0.29) is 49.9 Å². The van der Waals surface area contributed by atoms with E-state index in [1.54, 1.807) is 12.1 Å². The van der Waals surface area contributed by atoms with E-state index in [0.717, 1.165) is 16.7 Å². The van der Waals surface area contributed by atoms with Gasteiger partial charge in [0.05, 0.1) is 12.6 Å². The molecule has 1 aliphatic heterocycles. The monoisotopic (exact) mass is 377 g/mol. The molecule has 1 N–H and O–H groups in total.